The number of carbonyl (C=O) groups is 4. The third kappa shape index (κ3) is 6.09. The van der Waals surface area contributed by atoms with Gasteiger partial charge in [0.2, 0.25) is 17.6 Å². The summed E-state index contributed by atoms with van der Waals surface area (Å²) in [7, 11) is 2.60. The number of carbonyl (C=O) groups excluding carboxylic acids is 4. The molecule has 4 aromatic carbocycles. The predicted molar refractivity (Wildman–Crippen MR) is 199 cm³/mol. The lowest BCUT2D eigenvalue weighted by Crippen LogP contribution is -2.53. The molecule has 0 aromatic heterocycles. The molecule has 2 heterocycles. The Morgan fingerprint density at radius 1 is 0.763 bits per heavy atom. The van der Waals surface area contributed by atoms with Crippen LogP contribution in [0.1, 0.15) is 46.6 Å². The first-order chi connectivity index (χ1) is 27.9. The molecule has 4 aliphatic rings. The van der Waals surface area contributed by atoms with Gasteiger partial charge in [-0.15, -0.1) is 0 Å². The van der Waals surface area contributed by atoms with Crippen LogP contribution in [0.4, 0.5) is 37.7 Å². The van der Waals surface area contributed by atoms with Crippen LogP contribution >= 0.6 is 0 Å². The third-order valence-corrected chi connectivity index (χ3v) is 12.1. The summed E-state index contributed by atoms with van der Waals surface area (Å²) in [6.45, 7) is 1.86. The number of methoxy groups -OCH3 is 2. The standard InChI is InChI=1S/C43H35F6N3O7/c1-21-9-11-26(12-10-21)50-52-38(55)31-20-30-28(35(22-15-32(58-2)36(53)33(16-22)59-3)41(31,40(52)57)23-7-5-4-6-8-23)13-14-29-34(30)39(56)51(37(29)54)27-18-24(42(44,45)46)17-25(19-27)43(47,48)49/h4-13,15-19,29-31,34-35,50,53H,14,20H2,1-3H3. The van der Waals surface area contributed by atoms with E-state index >= 15 is 4.79 Å². The molecule has 0 spiro atoms. The molecule has 2 aliphatic heterocycles. The minimum absolute atomic E-state index is 0.0507. The summed E-state index contributed by atoms with van der Waals surface area (Å²) in [4.78, 5) is 59.4. The van der Waals surface area contributed by atoms with Crippen LogP contribution in [0.3, 0.4) is 0 Å². The summed E-state index contributed by atoms with van der Waals surface area (Å²) in [5.41, 5.74) is -0.575. The topological polar surface area (TPSA) is 125 Å². The molecule has 4 aromatic rings. The molecule has 10 nitrogen and oxygen atoms in total. The summed E-state index contributed by atoms with van der Waals surface area (Å²) < 4.78 is 94.8. The van der Waals surface area contributed by atoms with Crippen LogP contribution in [0.5, 0.6) is 17.2 Å². The normalized spacial score (nSPS) is 25.4. The Balaban J connectivity index is 1.33. The average Bonchev–Trinajstić information content (AvgIpc) is 3.58. The molecule has 59 heavy (non-hydrogen) atoms. The SMILES string of the molecule is COc1cc(C2C3=CCC4C(=O)N(c5cc(C(F)(F)F)cc(C(F)(F)F)c5)C(=O)C4C3CC3C(=O)N(Nc4ccc(C)cc4)C(=O)C32c2ccccc2)cc(OC)c1O. The lowest BCUT2D eigenvalue weighted by atomic mass is 9.49. The van der Waals surface area contributed by atoms with Crippen molar-refractivity contribution in [2.45, 2.75) is 43.5 Å². The number of nitrogens with one attached hydrogen (secondary N) is 1. The fourth-order valence-corrected chi connectivity index (χ4v) is 9.52. The zero-order valence-corrected chi connectivity index (χ0v) is 31.5. The Hall–Kier alpha value is -6.32. The van der Waals surface area contributed by atoms with Gasteiger partial charge in [0.1, 0.15) is 0 Å². The third-order valence-electron chi connectivity index (χ3n) is 12.1. The van der Waals surface area contributed by atoms with Gasteiger partial charge in [0, 0.05) is 5.92 Å². The summed E-state index contributed by atoms with van der Waals surface area (Å²) in [6, 6.07) is 19.0. The molecule has 2 aliphatic carbocycles. The van der Waals surface area contributed by atoms with Gasteiger partial charge in [0.25, 0.3) is 11.8 Å². The van der Waals surface area contributed by atoms with Crippen LogP contribution in [0.25, 0.3) is 0 Å². The minimum Gasteiger partial charge on any atom is -0.502 e. The van der Waals surface area contributed by atoms with Gasteiger partial charge in [-0.3, -0.25) is 24.6 Å². The van der Waals surface area contributed by atoms with Crippen molar-refractivity contribution in [2.75, 3.05) is 24.5 Å². The molecule has 16 heteroatoms. The maximum absolute atomic E-state index is 15.4. The van der Waals surface area contributed by atoms with E-state index in [-0.39, 0.29) is 36.2 Å². The van der Waals surface area contributed by atoms with Crippen LogP contribution in [0.2, 0.25) is 0 Å². The fraction of sp³-hybridized carbons (Fsp3) is 0.302. The van der Waals surface area contributed by atoms with Crippen LogP contribution in [0.15, 0.2) is 96.6 Å². The van der Waals surface area contributed by atoms with Crippen molar-refractivity contribution in [3.63, 3.8) is 0 Å². The highest BCUT2D eigenvalue weighted by atomic mass is 19.4. The summed E-state index contributed by atoms with van der Waals surface area (Å²) in [5.74, 6) is -9.78. The number of fused-ring (bicyclic) bond motifs is 4. The van der Waals surface area contributed by atoms with Crippen molar-refractivity contribution in [3.05, 3.63) is 124 Å². The van der Waals surface area contributed by atoms with Crippen LogP contribution in [0, 0.1) is 30.6 Å². The van der Waals surface area contributed by atoms with E-state index in [0.29, 0.717) is 39.4 Å². The van der Waals surface area contributed by atoms with Gasteiger partial charge in [0.15, 0.2) is 11.5 Å². The minimum atomic E-state index is -5.25. The highest BCUT2D eigenvalue weighted by molar-refractivity contribution is 6.22. The van der Waals surface area contributed by atoms with Crippen molar-refractivity contribution in [1.82, 2.24) is 5.01 Å². The number of anilines is 2. The van der Waals surface area contributed by atoms with E-state index in [4.69, 9.17) is 9.47 Å². The lowest BCUT2D eigenvalue weighted by Gasteiger charge is -2.50. The molecule has 1 saturated carbocycles. The number of ether oxygens (including phenoxy) is 2. The van der Waals surface area contributed by atoms with Gasteiger partial charge in [-0.2, -0.15) is 31.4 Å². The number of phenols is 1. The number of aryl methyl sites for hydroxylation is 1. The van der Waals surface area contributed by atoms with E-state index < -0.39 is 87.8 Å². The number of amides is 4. The Morgan fingerprint density at radius 3 is 1.92 bits per heavy atom. The molecule has 3 fully saturated rings. The highest BCUT2D eigenvalue weighted by Crippen LogP contribution is 2.65. The number of allylic oxidation sites excluding steroid dienone is 2. The second-order valence-electron chi connectivity index (χ2n) is 15.1. The number of alkyl halides is 6. The number of nitrogens with zero attached hydrogens (tertiary/aromatic N) is 2. The average molecular weight is 820 g/mol. The van der Waals surface area contributed by atoms with Gasteiger partial charge >= 0.3 is 12.4 Å². The summed E-state index contributed by atoms with van der Waals surface area (Å²) in [5, 5.41) is 11.9. The van der Waals surface area contributed by atoms with E-state index in [1.165, 1.54) is 26.4 Å². The smallest absolute Gasteiger partial charge is 0.416 e. The monoisotopic (exact) mass is 819 g/mol. The zero-order chi connectivity index (χ0) is 42.3. The molecule has 306 valence electrons. The first kappa shape index (κ1) is 39.5. The fourth-order valence-electron chi connectivity index (χ4n) is 9.52. The number of phenolic OH excluding ortho intramolecular Hbond substituents is 1. The number of hydrazine groups is 1. The number of hydrogen-bond donors (Lipinski definition) is 2. The van der Waals surface area contributed by atoms with E-state index in [9.17, 15) is 45.8 Å². The largest absolute Gasteiger partial charge is 0.502 e. The number of imide groups is 2. The molecule has 0 bridgehead atoms. The Labute approximate surface area is 333 Å². The molecule has 2 saturated heterocycles. The van der Waals surface area contributed by atoms with Gasteiger partial charge in [0.05, 0.1) is 59.9 Å². The molecule has 0 radical (unpaired) electrons. The maximum Gasteiger partial charge on any atom is 0.416 e. The van der Waals surface area contributed by atoms with Gasteiger partial charge in [-0.05, 0) is 79.3 Å². The van der Waals surface area contributed by atoms with E-state index in [1.54, 1.807) is 60.7 Å². The maximum atomic E-state index is 15.4. The number of halogens is 6. The first-order valence-electron chi connectivity index (χ1n) is 18.5. The second-order valence-corrected chi connectivity index (χ2v) is 15.1. The molecular weight excluding hydrogens is 784 g/mol. The van der Waals surface area contributed by atoms with Gasteiger partial charge < -0.3 is 14.6 Å². The number of hydrogen-bond acceptors (Lipinski definition) is 8. The van der Waals surface area contributed by atoms with Crippen molar-refractivity contribution < 1.29 is 60.1 Å². The number of rotatable bonds is 7. The lowest BCUT2D eigenvalue weighted by molar-refractivity contribution is -0.143. The van der Waals surface area contributed by atoms with Crippen LogP contribution in [-0.4, -0.2) is 48.0 Å². The van der Waals surface area contributed by atoms with E-state index in [2.05, 4.69) is 5.43 Å². The Morgan fingerprint density at radius 2 is 1.36 bits per heavy atom. The van der Waals surface area contributed by atoms with Crippen LogP contribution < -0.4 is 19.8 Å². The number of benzene rings is 4. The molecule has 4 amide bonds. The summed E-state index contributed by atoms with van der Waals surface area (Å²) in [6.07, 6.45) is -9.21. The molecule has 6 atom stereocenters. The van der Waals surface area contributed by atoms with E-state index in [0.717, 1.165) is 10.6 Å². The van der Waals surface area contributed by atoms with Crippen LogP contribution in [-0.2, 0) is 36.9 Å². The number of aromatic hydroxyl groups is 1. The summed E-state index contributed by atoms with van der Waals surface area (Å²) >= 11 is 0. The zero-order valence-electron chi connectivity index (χ0n) is 31.5. The van der Waals surface area contributed by atoms with Crippen molar-refractivity contribution in [3.8, 4) is 17.2 Å². The van der Waals surface area contributed by atoms with Gasteiger partial charge in [-0.1, -0.05) is 59.7 Å². The first-order valence-corrected chi connectivity index (χ1v) is 18.5. The predicted octanol–water partition coefficient (Wildman–Crippen LogP) is 7.94. The van der Waals surface area contributed by atoms with Crippen molar-refractivity contribution in [1.29, 1.82) is 0 Å². The molecule has 6 unspecified atom stereocenters. The molecule has 2 N–H and O–H groups in total. The van der Waals surface area contributed by atoms with E-state index in [1.807, 2.05) is 6.92 Å². The quantitative estimate of drug-likeness (QED) is 0.109. The van der Waals surface area contributed by atoms with Crippen molar-refractivity contribution in [2.24, 2.45) is 23.7 Å². The molecular formula is C43H35F6N3O7. The van der Waals surface area contributed by atoms with Gasteiger partial charge in [-0.25, -0.2) is 4.90 Å². The highest BCUT2D eigenvalue weighted by Gasteiger charge is 2.70. The molecule has 8 rings (SSSR count). The second kappa shape index (κ2) is 13.9. The Bertz CT molecular complexity index is 2380. The Kier molecular flexibility index (Phi) is 9.31. The van der Waals surface area contributed by atoms with Crippen molar-refractivity contribution >= 4 is 35.0 Å².